The topological polar surface area (TPSA) is 75.4 Å². The van der Waals surface area contributed by atoms with Crippen LogP contribution in [-0.2, 0) is 16.6 Å². The molecule has 1 aromatic rings. The number of likely N-dealkylation sites (N-methyl/N-ethyl adjacent to an activating group) is 1. The number of benzene rings is 1. The van der Waals surface area contributed by atoms with Gasteiger partial charge in [0.2, 0.25) is 10.0 Å². The fourth-order valence-electron chi connectivity index (χ4n) is 2.90. The van der Waals surface area contributed by atoms with Crippen LogP contribution in [0.5, 0.6) is 0 Å². The zero-order valence-electron chi connectivity index (χ0n) is 13.0. The summed E-state index contributed by atoms with van der Waals surface area (Å²) in [5, 5.41) is 0. The van der Waals surface area contributed by atoms with Crippen molar-refractivity contribution in [3.63, 3.8) is 0 Å². The van der Waals surface area contributed by atoms with Gasteiger partial charge in [-0.15, -0.1) is 0 Å². The average molecular weight is 311 g/mol. The lowest BCUT2D eigenvalue weighted by Gasteiger charge is -2.20. The first-order valence-corrected chi connectivity index (χ1v) is 8.83. The molecule has 0 aromatic heterocycles. The molecule has 1 heterocycles. The van der Waals surface area contributed by atoms with Crippen LogP contribution in [0, 0.1) is 13.8 Å². The molecule has 118 valence electrons. The van der Waals surface area contributed by atoms with Crippen LogP contribution in [0.2, 0.25) is 0 Å². The first-order chi connectivity index (χ1) is 9.85. The lowest BCUT2D eigenvalue weighted by molar-refractivity contribution is 0.311. The Hall–Kier alpha value is -0.950. The van der Waals surface area contributed by atoms with Crippen molar-refractivity contribution >= 4 is 10.0 Å². The Morgan fingerprint density at radius 3 is 2.62 bits per heavy atom. The van der Waals surface area contributed by atoms with E-state index in [1.807, 2.05) is 27.0 Å². The quantitative estimate of drug-likeness (QED) is 0.855. The number of likely N-dealkylation sites (tertiary alicyclic amines) is 1. The molecule has 1 aromatic carbocycles. The Morgan fingerprint density at radius 1 is 1.33 bits per heavy atom. The standard InChI is InChI=1S/C15H25N3O2S/c1-11-7-12(2)15(8-13(11)9-16)21(19,20)17-10-14-5-4-6-18(14)3/h7-8,14,17H,4-6,9-10,16H2,1-3H3. The maximum atomic E-state index is 12.5. The summed E-state index contributed by atoms with van der Waals surface area (Å²) in [6.45, 7) is 5.62. The predicted molar refractivity (Wildman–Crippen MR) is 84.6 cm³/mol. The third kappa shape index (κ3) is 3.63. The summed E-state index contributed by atoms with van der Waals surface area (Å²) in [6, 6.07) is 3.88. The van der Waals surface area contributed by atoms with E-state index >= 15 is 0 Å². The van der Waals surface area contributed by atoms with Crippen LogP contribution in [0.4, 0.5) is 0 Å². The van der Waals surface area contributed by atoms with Gasteiger partial charge in [0.25, 0.3) is 0 Å². The van der Waals surface area contributed by atoms with Crippen LogP contribution in [0.3, 0.4) is 0 Å². The second-order valence-electron chi connectivity index (χ2n) is 5.88. The van der Waals surface area contributed by atoms with Crippen molar-refractivity contribution < 1.29 is 8.42 Å². The van der Waals surface area contributed by atoms with E-state index in [4.69, 9.17) is 5.73 Å². The van der Waals surface area contributed by atoms with Crippen molar-refractivity contribution in [1.82, 2.24) is 9.62 Å². The van der Waals surface area contributed by atoms with Crippen molar-refractivity contribution in [1.29, 1.82) is 0 Å². The third-order valence-corrected chi connectivity index (χ3v) is 5.89. The van der Waals surface area contributed by atoms with Crippen LogP contribution < -0.4 is 10.5 Å². The molecule has 1 atom stereocenters. The van der Waals surface area contributed by atoms with E-state index in [0.29, 0.717) is 24.0 Å². The molecular formula is C15H25N3O2S. The monoisotopic (exact) mass is 311 g/mol. The highest BCUT2D eigenvalue weighted by Crippen LogP contribution is 2.21. The van der Waals surface area contributed by atoms with Gasteiger partial charge in [-0.3, -0.25) is 0 Å². The molecular weight excluding hydrogens is 286 g/mol. The molecule has 1 fully saturated rings. The maximum absolute atomic E-state index is 12.5. The van der Waals surface area contributed by atoms with Crippen molar-refractivity contribution in [3.8, 4) is 0 Å². The molecule has 2 rings (SSSR count). The van der Waals surface area contributed by atoms with Gasteiger partial charge >= 0.3 is 0 Å². The summed E-state index contributed by atoms with van der Waals surface area (Å²) in [4.78, 5) is 2.55. The normalized spacial score (nSPS) is 20.1. The van der Waals surface area contributed by atoms with Gasteiger partial charge in [0.15, 0.2) is 0 Å². The lowest BCUT2D eigenvalue weighted by Crippen LogP contribution is -2.38. The first-order valence-electron chi connectivity index (χ1n) is 7.35. The number of sulfonamides is 1. The van der Waals surface area contributed by atoms with Gasteiger partial charge < -0.3 is 10.6 Å². The number of hydrogen-bond acceptors (Lipinski definition) is 4. The van der Waals surface area contributed by atoms with Gasteiger partial charge in [-0.1, -0.05) is 6.07 Å². The van der Waals surface area contributed by atoms with Crippen LogP contribution >= 0.6 is 0 Å². The van der Waals surface area contributed by atoms with Gasteiger partial charge in [0.05, 0.1) is 4.90 Å². The molecule has 0 bridgehead atoms. The number of nitrogens with zero attached hydrogens (tertiary/aromatic N) is 1. The third-order valence-electron chi connectivity index (χ3n) is 4.32. The largest absolute Gasteiger partial charge is 0.326 e. The van der Waals surface area contributed by atoms with Gasteiger partial charge in [-0.25, -0.2) is 13.1 Å². The number of nitrogens with two attached hydrogens (primary N) is 1. The molecule has 1 saturated heterocycles. The zero-order chi connectivity index (χ0) is 15.6. The number of rotatable bonds is 5. The minimum absolute atomic E-state index is 0.291. The van der Waals surface area contributed by atoms with Crippen molar-refractivity contribution in [3.05, 3.63) is 28.8 Å². The van der Waals surface area contributed by atoms with E-state index in [2.05, 4.69) is 9.62 Å². The van der Waals surface area contributed by atoms with Crippen LogP contribution in [-0.4, -0.2) is 39.5 Å². The van der Waals surface area contributed by atoms with E-state index in [0.717, 1.165) is 36.1 Å². The molecule has 0 aliphatic carbocycles. The van der Waals surface area contributed by atoms with E-state index < -0.39 is 10.0 Å². The number of aryl methyl sites for hydroxylation is 2. The minimum Gasteiger partial charge on any atom is -0.326 e. The molecule has 0 amide bonds. The zero-order valence-corrected chi connectivity index (χ0v) is 13.8. The Labute approximate surface area is 127 Å². The molecule has 3 N–H and O–H groups in total. The molecule has 0 saturated carbocycles. The lowest BCUT2D eigenvalue weighted by atomic mass is 10.1. The molecule has 0 radical (unpaired) electrons. The highest BCUT2D eigenvalue weighted by molar-refractivity contribution is 7.89. The second-order valence-corrected chi connectivity index (χ2v) is 7.61. The molecule has 21 heavy (non-hydrogen) atoms. The number of nitrogens with one attached hydrogen (secondary N) is 1. The van der Waals surface area contributed by atoms with Crippen LogP contribution in [0.25, 0.3) is 0 Å². The maximum Gasteiger partial charge on any atom is 0.240 e. The molecule has 1 unspecified atom stereocenters. The molecule has 1 aliphatic rings. The summed E-state index contributed by atoms with van der Waals surface area (Å²) >= 11 is 0. The Balaban J connectivity index is 2.19. The average Bonchev–Trinajstić information content (AvgIpc) is 2.82. The SMILES string of the molecule is Cc1cc(C)c(S(=O)(=O)NCC2CCCN2C)cc1CN. The first kappa shape index (κ1) is 16.4. The van der Waals surface area contributed by atoms with Gasteiger partial charge in [0.1, 0.15) is 0 Å². The van der Waals surface area contributed by atoms with Gasteiger partial charge in [0, 0.05) is 19.1 Å². The summed E-state index contributed by atoms with van der Waals surface area (Å²) < 4.78 is 27.8. The van der Waals surface area contributed by atoms with Crippen molar-refractivity contribution in [2.24, 2.45) is 5.73 Å². The molecule has 5 nitrogen and oxygen atoms in total. The summed E-state index contributed by atoms with van der Waals surface area (Å²) in [5.41, 5.74) is 8.35. The van der Waals surface area contributed by atoms with Gasteiger partial charge in [-0.2, -0.15) is 0 Å². The van der Waals surface area contributed by atoms with E-state index in [9.17, 15) is 8.42 Å². The highest BCUT2D eigenvalue weighted by Gasteiger charge is 2.24. The van der Waals surface area contributed by atoms with Crippen molar-refractivity contribution in [2.75, 3.05) is 20.1 Å². The van der Waals surface area contributed by atoms with Crippen molar-refractivity contribution in [2.45, 2.75) is 44.2 Å². The second kappa shape index (κ2) is 6.44. The minimum atomic E-state index is -3.48. The van der Waals surface area contributed by atoms with E-state index in [1.54, 1.807) is 6.07 Å². The Morgan fingerprint density at radius 2 is 2.05 bits per heavy atom. The van der Waals surface area contributed by atoms with E-state index in [1.165, 1.54) is 0 Å². The summed E-state index contributed by atoms with van der Waals surface area (Å²) in [7, 11) is -1.45. The van der Waals surface area contributed by atoms with E-state index in [-0.39, 0.29) is 0 Å². The smallest absolute Gasteiger partial charge is 0.240 e. The highest BCUT2D eigenvalue weighted by atomic mass is 32.2. The summed E-state index contributed by atoms with van der Waals surface area (Å²) in [5.74, 6) is 0. The fourth-order valence-corrected chi connectivity index (χ4v) is 4.25. The van der Waals surface area contributed by atoms with Crippen LogP contribution in [0.1, 0.15) is 29.5 Å². The summed E-state index contributed by atoms with van der Waals surface area (Å²) in [6.07, 6.45) is 2.17. The molecule has 6 heteroatoms. The fraction of sp³-hybridized carbons (Fsp3) is 0.600. The molecule has 1 aliphatic heterocycles. The van der Waals surface area contributed by atoms with Crippen LogP contribution in [0.15, 0.2) is 17.0 Å². The predicted octanol–water partition coefficient (Wildman–Crippen LogP) is 1.13. The van der Waals surface area contributed by atoms with Gasteiger partial charge in [-0.05, 0) is 63.0 Å². The Bertz CT molecular complexity index is 614. The molecule has 0 spiro atoms. The number of hydrogen-bond donors (Lipinski definition) is 2. The Kier molecular flexibility index (Phi) is 5.03.